The third kappa shape index (κ3) is 3.02. The summed E-state index contributed by atoms with van der Waals surface area (Å²) in [5.74, 6) is -0.0525. The molecular formula is C23H21NO3S. The number of nitrogens with zero attached hydrogens (tertiary/aromatic N) is 1. The van der Waals surface area contributed by atoms with Crippen molar-refractivity contribution >= 4 is 21.5 Å². The van der Waals surface area contributed by atoms with Gasteiger partial charge in [-0.3, -0.25) is 9.10 Å². The Morgan fingerprint density at radius 1 is 0.893 bits per heavy atom. The van der Waals surface area contributed by atoms with Crippen LogP contribution in [0, 0.1) is 6.92 Å². The Labute approximate surface area is 165 Å². The molecule has 1 atom stereocenters. The van der Waals surface area contributed by atoms with Gasteiger partial charge in [0.25, 0.3) is 10.0 Å². The van der Waals surface area contributed by atoms with E-state index in [0.29, 0.717) is 5.69 Å². The standard InChI is InChI=1S/C23H21NO3S/c1-16-11-13-18(14-12-16)28(26,27)24-22-10-6-5-8-20(22)19-7-3-4-9-21(19)23(24)15-17(2)25/h3-14,23H,15H2,1-2H3. The number of carbonyl (C=O) groups excluding carboxylic acids is 1. The van der Waals surface area contributed by atoms with Crippen LogP contribution < -0.4 is 4.31 Å². The van der Waals surface area contributed by atoms with E-state index in [4.69, 9.17) is 0 Å². The summed E-state index contributed by atoms with van der Waals surface area (Å²) in [6.45, 7) is 3.42. The number of Topliss-reactive ketones (excluding diaryl/α,β-unsaturated/α-hetero) is 1. The van der Waals surface area contributed by atoms with E-state index in [2.05, 4.69) is 0 Å². The van der Waals surface area contributed by atoms with Crippen LogP contribution in [0.4, 0.5) is 5.69 Å². The zero-order chi connectivity index (χ0) is 19.9. The van der Waals surface area contributed by atoms with Crippen LogP contribution in [0.2, 0.25) is 0 Å². The lowest BCUT2D eigenvalue weighted by Gasteiger charge is -2.39. The number of fused-ring (bicyclic) bond motifs is 3. The van der Waals surface area contributed by atoms with Crippen LogP contribution in [0.3, 0.4) is 0 Å². The molecule has 142 valence electrons. The van der Waals surface area contributed by atoms with Gasteiger partial charge in [-0.15, -0.1) is 0 Å². The van der Waals surface area contributed by atoms with Crippen LogP contribution in [0.1, 0.15) is 30.5 Å². The van der Waals surface area contributed by atoms with E-state index >= 15 is 0 Å². The van der Waals surface area contributed by atoms with Crippen molar-refractivity contribution in [2.75, 3.05) is 4.31 Å². The van der Waals surface area contributed by atoms with Crippen molar-refractivity contribution in [2.45, 2.75) is 31.2 Å². The van der Waals surface area contributed by atoms with Crippen molar-refractivity contribution in [3.63, 3.8) is 0 Å². The highest BCUT2D eigenvalue weighted by molar-refractivity contribution is 7.92. The number of sulfonamides is 1. The summed E-state index contributed by atoms with van der Waals surface area (Å²) in [5.41, 5.74) is 4.28. The molecule has 5 heteroatoms. The van der Waals surface area contributed by atoms with Gasteiger partial charge in [0.05, 0.1) is 16.6 Å². The minimum atomic E-state index is -3.85. The van der Waals surface area contributed by atoms with Crippen molar-refractivity contribution in [2.24, 2.45) is 0 Å². The zero-order valence-electron chi connectivity index (χ0n) is 15.8. The van der Waals surface area contributed by atoms with Gasteiger partial charge in [-0.2, -0.15) is 0 Å². The van der Waals surface area contributed by atoms with Crippen molar-refractivity contribution in [1.82, 2.24) is 0 Å². The number of hydrogen-bond acceptors (Lipinski definition) is 3. The lowest BCUT2D eigenvalue weighted by atomic mass is 9.88. The Morgan fingerprint density at radius 3 is 2.18 bits per heavy atom. The van der Waals surface area contributed by atoms with Gasteiger partial charge >= 0.3 is 0 Å². The number of ketones is 1. The Kier molecular flexibility index (Phi) is 4.55. The average molecular weight is 391 g/mol. The Morgan fingerprint density at radius 2 is 1.50 bits per heavy atom. The Balaban J connectivity index is 1.98. The molecule has 0 fully saturated rings. The SMILES string of the molecule is CC(=O)CC1c2ccccc2-c2ccccc2N1S(=O)(=O)c1ccc(C)cc1. The molecule has 1 aliphatic heterocycles. The number of anilines is 1. The number of benzene rings is 3. The summed E-state index contributed by atoms with van der Waals surface area (Å²) in [6, 6.07) is 21.4. The molecular weight excluding hydrogens is 370 g/mol. The van der Waals surface area contributed by atoms with Gasteiger partial charge in [0.2, 0.25) is 0 Å². The first kappa shape index (κ1) is 18.4. The van der Waals surface area contributed by atoms with Crippen LogP contribution in [0.25, 0.3) is 11.1 Å². The van der Waals surface area contributed by atoms with Gasteiger partial charge in [0, 0.05) is 12.0 Å². The average Bonchev–Trinajstić information content (AvgIpc) is 2.68. The number of rotatable bonds is 4. The lowest BCUT2D eigenvalue weighted by Crippen LogP contribution is -2.38. The van der Waals surface area contributed by atoms with E-state index < -0.39 is 16.1 Å². The number of hydrogen-bond donors (Lipinski definition) is 0. The van der Waals surface area contributed by atoms with Crippen LogP contribution in [0.15, 0.2) is 77.7 Å². The fraction of sp³-hybridized carbons (Fsp3) is 0.174. The summed E-state index contributed by atoms with van der Waals surface area (Å²) in [7, 11) is -3.85. The highest BCUT2D eigenvalue weighted by Crippen LogP contribution is 2.48. The van der Waals surface area contributed by atoms with Crippen LogP contribution in [0.5, 0.6) is 0 Å². The maximum atomic E-state index is 13.7. The van der Waals surface area contributed by atoms with Crippen LogP contribution in [-0.2, 0) is 14.8 Å². The Bertz CT molecular complexity index is 1150. The van der Waals surface area contributed by atoms with Gasteiger partial charge in [-0.1, -0.05) is 60.2 Å². The van der Waals surface area contributed by atoms with Crippen molar-refractivity contribution in [1.29, 1.82) is 0 Å². The topological polar surface area (TPSA) is 54.5 Å². The van der Waals surface area contributed by atoms with Gasteiger partial charge in [0.1, 0.15) is 5.78 Å². The predicted molar refractivity (Wildman–Crippen MR) is 111 cm³/mol. The summed E-state index contributed by atoms with van der Waals surface area (Å²) < 4.78 is 28.8. The molecule has 0 bridgehead atoms. The molecule has 4 rings (SSSR count). The molecule has 0 saturated carbocycles. The molecule has 4 nitrogen and oxygen atoms in total. The van der Waals surface area contributed by atoms with E-state index in [1.165, 1.54) is 11.2 Å². The fourth-order valence-electron chi connectivity index (χ4n) is 3.81. The largest absolute Gasteiger partial charge is 0.300 e. The number of para-hydroxylation sites is 1. The molecule has 1 aliphatic rings. The number of aryl methyl sites for hydroxylation is 1. The predicted octanol–water partition coefficient (Wildman–Crippen LogP) is 4.89. The summed E-state index contributed by atoms with van der Waals surface area (Å²) >= 11 is 0. The van der Waals surface area contributed by atoms with Crippen molar-refractivity contribution < 1.29 is 13.2 Å². The molecule has 0 radical (unpaired) electrons. The maximum absolute atomic E-state index is 13.7. The van der Waals surface area contributed by atoms with Gasteiger partial charge in [-0.25, -0.2) is 8.42 Å². The highest BCUT2D eigenvalue weighted by atomic mass is 32.2. The first-order chi connectivity index (χ1) is 13.4. The van der Waals surface area contributed by atoms with E-state index in [1.807, 2.05) is 55.5 Å². The van der Waals surface area contributed by atoms with E-state index in [-0.39, 0.29) is 17.1 Å². The van der Waals surface area contributed by atoms with Crippen LogP contribution in [-0.4, -0.2) is 14.2 Å². The third-order valence-corrected chi connectivity index (χ3v) is 6.93. The molecule has 3 aromatic carbocycles. The first-order valence-electron chi connectivity index (χ1n) is 9.18. The minimum absolute atomic E-state index is 0.0525. The third-order valence-electron chi connectivity index (χ3n) is 5.09. The number of carbonyl (C=O) groups is 1. The van der Waals surface area contributed by atoms with Crippen LogP contribution >= 0.6 is 0 Å². The quantitative estimate of drug-likeness (QED) is 0.636. The maximum Gasteiger partial charge on any atom is 0.264 e. The molecule has 28 heavy (non-hydrogen) atoms. The zero-order valence-corrected chi connectivity index (χ0v) is 16.6. The fourth-order valence-corrected chi connectivity index (χ4v) is 5.46. The summed E-state index contributed by atoms with van der Waals surface area (Å²) in [5, 5.41) is 0. The van der Waals surface area contributed by atoms with Gasteiger partial charge in [-0.05, 0) is 43.2 Å². The second-order valence-corrected chi connectivity index (χ2v) is 8.96. The molecule has 0 amide bonds. The highest BCUT2D eigenvalue weighted by Gasteiger charge is 2.39. The van der Waals surface area contributed by atoms with Gasteiger partial charge < -0.3 is 0 Å². The smallest absolute Gasteiger partial charge is 0.264 e. The molecule has 0 spiro atoms. The molecule has 0 aromatic heterocycles. The Hall–Kier alpha value is -2.92. The van der Waals surface area contributed by atoms with E-state index in [1.54, 1.807) is 24.3 Å². The first-order valence-corrected chi connectivity index (χ1v) is 10.6. The van der Waals surface area contributed by atoms with Gasteiger partial charge in [0.15, 0.2) is 0 Å². The lowest BCUT2D eigenvalue weighted by molar-refractivity contribution is -0.117. The van der Waals surface area contributed by atoms with Crippen molar-refractivity contribution in [3.05, 3.63) is 83.9 Å². The van der Waals surface area contributed by atoms with E-state index in [9.17, 15) is 13.2 Å². The molecule has 0 N–H and O–H groups in total. The molecule has 1 heterocycles. The molecule has 1 unspecified atom stereocenters. The molecule has 0 saturated heterocycles. The van der Waals surface area contributed by atoms with Crippen molar-refractivity contribution in [3.8, 4) is 11.1 Å². The molecule has 0 aliphatic carbocycles. The second kappa shape index (κ2) is 6.91. The summed E-state index contributed by atoms with van der Waals surface area (Å²) in [6.07, 6.45) is 0.121. The second-order valence-electron chi connectivity index (χ2n) is 7.14. The minimum Gasteiger partial charge on any atom is -0.300 e. The monoisotopic (exact) mass is 391 g/mol. The molecule has 3 aromatic rings. The normalized spacial score (nSPS) is 15.6. The summed E-state index contributed by atoms with van der Waals surface area (Å²) in [4.78, 5) is 12.3. The van der Waals surface area contributed by atoms with E-state index in [0.717, 1.165) is 22.3 Å².